The van der Waals surface area contributed by atoms with E-state index in [0.717, 1.165) is 6.08 Å². The largest absolute Gasteiger partial charge is 0.476 e. The summed E-state index contributed by atoms with van der Waals surface area (Å²) in [7, 11) is 0. The maximum absolute atomic E-state index is 13.5. The van der Waals surface area contributed by atoms with Crippen LogP contribution in [0.5, 0.6) is 11.5 Å². The van der Waals surface area contributed by atoms with E-state index in [9.17, 15) is 19.2 Å². The van der Waals surface area contributed by atoms with Crippen LogP contribution >= 0.6 is 0 Å². The fraction of sp³-hybridized carbons (Fsp3) is 0.261. The summed E-state index contributed by atoms with van der Waals surface area (Å²) in [5, 5.41) is 18.2. The molecule has 0 amide bonds. The Morgan fingerprint density at radius 3 is 2.47 bits per heavy atom. The number of carbonyl (C=O) groups is 2. The smallest absolute Gasteiger partial charge is 0.364 e. The van der Waals surface area contributed by atoms with Gasteiger partial charge in [0.15, 0.2) is 0 Å². The van der Waals surface area contributed by atoms with Gasteiger partial charge < -0.3 is 14.6 Å². The van der Waals surface area contributed by atoms with Gasteiger partial charge in [-0.2, -0.15) is 9.65 Å². The molecule has 0 spiro atoms. The number of ether oxygens (including phenoxy) is 2. The molecule has 1 fully saturated rings. The molecule has 1 saturated carbocycles. The zero-order valence-corrected chi connectivity index (χ0v) is 16.4. The van der Waals surface area contributed by atoms with Crippen molar-refractivity contribution in [1.82, 2.24) is 0 Å². The van der Waals surface area contributed by atoms with Crippen molar-refractivity contribution in [3.05, 3.63) is 72.1 Å². The Kier molecular flexibility index (Phi) is 5.88. The van der Waals surface area contributed by atoms with Crippen LogP contribution in [0.4, 0.5) is 4.39 Å². The second-order valence-electron chi connectivity index (χ2n) is 7.58. The third-order valence-electron chi connectivity index (χ3n) is 5.19. The van der Waals surface area contributed by atoms with Gasteiger partial charge in [0.2, 0.25) is 11.9 Å². The standard InChI is InChI=1S/C23H20FNO5/c1-23(2)17(12-18(24)21(26)27)20(23)22(28)30-19(13-25)14-7-6-10-16(11-14)29-15-8-4-3-5-9-15/h3-12,17,19-20H,1-2H3,(H,26,27)/b18-12-/t17-,19-,20+/m1/s1. The predicted octanol–water partition coefficient (Wildman–Crippen LogP) is 4.80. The molecule has 1 N–H and O–H groups in total. The lowest BCUT2D eigenvalue weighted by Gasteiger charge is -2.13. The van der Waals surface area contributed by atoms with E-state index >= 15 is 0 Å². The van der Waals surface area contributed by atoms with Crippen molar-refractivity contribution in [2.75, 3.05) is 0 Å². The number of carboxylic acids is 1. The number of allylic oxidation sites excluding steroid dienone is 1. The van der Waals surface area contributed by atoms with Crippen LogP contribution in [0.2, 0.25) is 0 Å². The van der Waals surface area contributed by atoms with Gasteiger partial charge in [-0.05, 0) is 41.7 Å². The molecule has 1 aliphatic rings. The van der Waals surface area contributed by atoms with Crippen molar-refractivity contribution in [3.63, 3.8) is 0 Å². The lowest BCUT2D eigenvalue weighted by molar-refractivity contribution is -0.149. The molecule has 6 nitrogen and oxygen atoms in total. The summed E-state index contributed by atoms with van der Waals surface area (Å²) < 4.78 is 24.6. The molecule has 3 rings (SSSR count). The van der Waals surface area contributed by atoms with E-state index in [1.165, 1.54) is 0 Å². The second kappa shape index (κ2) is 8.37. The van der Waals surface area contributed by atoms with Crippen LogP contribution in [0, 0.1) is 28.6 Å². The minimum atomic E-state index is -1.69. The number of hydrogen-bond acceptors (Lipinski definition) is 5. The van der Waals surface area contributed by atoms with E-state index in [1.54, 1.807) is 50.2 Å². The van der Waals surface area contributed by atoms with Crippen LogP contribution < -0.4 is 4.74 Å². The molecule has 0 unspecified atom stereocenters. The molecule has 0 radical (unpaired) electrons. The molecule has 0 heterocycles. The fourth-order valence-electron chi connectivity index (χ4n) is 3.39. The monoisotopic (exact) mass is 409 g/mol. The van der Waals surface area contributed by atoms with E-state index in [2.05, 4.69) is 0 Å². The molecule has 2 aromatic rings. The number of carboxylic acid groups (broad SMARTS) is 1. The lowest BCUT2D eigenvalue weighted by atomic mass is 10.1. The van der Waals surface area contributed by atoms with Crippen LogP contribution in [-0.4, -0.2) is 17.0 Å². The van der Waals surface area contributed by atoms with E-state index < -0.39 is 41.1 Å². The fourth-order valence-corrected chi connectivity index (χ4v) is 3.39. The maximum Gasteiger partial charge on any atom is 0.364 e. The maximum atomic E-state index is 13.5. The summed E-state index contributed by atoms with van der Waals surface area (Å²) in [6.07, 6.45) is -0.258. The molecule has 2 aromatic carbocycles. The molecule has 154 valence electrons. The molecule has 0 bridgehead atoms. The molecular weight excluding hydrogens is 389 g/mol. The van der Waals surface area contributed by atoms with Crippen LogP contribution in [0.1, 0.15) is 25.5 Å². The zero-order valence-electron chi connectivity index (χ0n) is 16.4. The molecule has 30 heavy (non-hydrogen) atoms. The van der Waals surface area contributed by atoms with E-state index in [-0.39, 0.29) is 0 Å². The summed E-state index contributed by atoms with van der Waals surface area (Å²) in [5.41, 5.74) is -0.233. The SMILES string of the molecule is CC1(C)[C@H](/C=C(\F)C(=O)O)[C@H]1C(=O)O[C@H](C#N)c1cccc(Oc2ccccc2)c1. The number of aliphatic carboxylic acids is 1. The number of rotatable bonds is 7. The van der Waals surface area contributed by atoms with Gasteiger partial charge in [0, 0.05) is 5.56 Å². The molecule has 0 saturated heterocycles. The van der Waals surface area contributed by atoms with Crippen molar-refractivity contribution in [2.45, 2.75) is 20.0 Å². The molecule has 0 aliphatic heterocycles. The van der Waals surface area contributed by atoms with E-state index in [4.69, 9.17) is 14.6 Å². The molecular formula is C23H20FNO5. The van der Waals surface area contributed by atoms with Crippen LogP contribution in [-0.2, 0) is 14.3 Å². The van der Waals surface area contributed by atoms with Gasteiger partial charge in [-0.25, -0.2) is 4.79 Å². The van der Waals surface area contributed by atoms with Gasteiger partial charge in [0.25, 0.3) is 0 Å². The van der Waals surface area contributed by atoms with E-state index in [1.807, 2.05) is 24.3 Å². The van der Waals surface area contributed by atoms with Crippen LogP contribution in [0.25, 0.3) is 0 Å². The predicted molar refractivity (Wildman–Crippen MR) is 105 cm³/mol. The van der Waals surface area contributed by atoms with Crippen molar-refractivity contribution >= 4 is 11.9 Å². The minimum absolute atomic E-state index is 0.432. The number of benzene rings is 2. The highest BCUT2D eigenvalue weighted by Crippen LogP contribution is 2.60. The molecule has 1 aliphatic carbocycles. The topological polar surface area (TPSA) is 96.6 Å². The number of halogens is 1. The average Bonchev–Trinajstić information content (AvgIpc) is 3.26. The first-order valence-electron chi connectivity index (χ1n) is 9.27. The summed E-state index contributed by atoms with van der Waals surface area (Å²) >= 11 is 0. The normalized spacial score (nSPS) is 20.5. The van der Waals surface area contributed by atoms with Gasteiger partial charge in [0.05, 0.1) is 5.92 Å². The first-order valence-corrected chi connectivity index (χ1v) is 9.27. The Morgan fingerprint density at radius 2 is 1.83 bits per heavy atom. The lowest BCUT2D eigenvalue weighted by Crippen LogP contribution is -2.14. The summed E-state index contributed by atoms with van der Waals surface area (Å²) in [5.74, 6) is -3.93. The Bertz CT molecular complexity index is 1030. The van der Waals surface area contributed by atoms with Crippen molar-refractivity contribution in [1.29, 1.82) is 5.26 Å². The van der Waals surface area contributed by atoms with Crippen LogP contribution in [0.15, 0.2) is 66.5 Å². The highest BCUT2D eigenvalue weighted by atomic mass is 19.1. The third-order valence-corrected chi connectivity index (χ3v) is 5.19. The number of nitriles is 1. The first kappa shape index (κ1) is 21.1. The molecule has 7 heteroatoms. The molecule has 0 aromatic heterocycles. The number of carbonyl (C=O) groups excluding carboxylic acids is 1. The summed E-state index contributed by atoms with van der Waals surface area (Å²) in [6, 6.07) is 17.7. The Morgan fingerprint density at radius 1 is 1.17 bits per heavy atom. The van der Waals surface area contributed by atoms with Crippen LogP contribution in [0.3, 0.4) is 0 Å². The Balaban J connectivity index is 1.72. The highest BCUT2D eigenvalue weighted by Gasteiger charge is 2.62. The van der Waals surface area contributed by atoms with Gasteiger partial charge in [0.1, 0.15) is 17.6 Å². The first-order chi connectivity index (χ1) is 14.2. The van der Waals surface area contributed by atoms with Crippen molar-refractivity contribution in [3.8, 4) is 17.6 Å². The average molecular weight is 409 g/mol. The minimum Gasteiger partial charge on any atom is -0.476 e. The molecule has 3 atom stereocenters. The zero-order chi connectivity index (χ0) is 21.9. The third kappa shape index (κ3) is 4.49. The number of nitrogens with zero attached hydrogens (tertiary/aromatic N) is 1. The summed E-state index contributed by atoms with van der Waals surface area (Å²) in [6.45, 7) is 3.43. The van der Waals surface area contributed by atoms with Gasteiger partial charge >= 0.3 is 11.9 Å². The summed E-state index contributed by atoms with van der Waals surface area (Å²) in [4.78, 5) is 23.3. The Labute approximate surface area is 173 Å². The van der Waals surface area contributed by atoms with Crippen molar-refractivity contribution in [2.24, 2.45) is 17.3 Å². The van der Waals surface area contributed by atoms with Gasteiger partial charge in [-0.1, -0.05) is 44.2 Å². The quantitative estimate of drug-likeness (QED) is 0.521. The van der Waals surface area contributed by atoms with Gasteiger partial charge in [-0.3, -0.25) is 4.79 Å². The number of para-hydroxylation sites is 1. The number of hydrogen-bond donors (Lipinski definition) is 1. The van der Waals surface area contributed by atoms with E-state index in [0.29, 0.717) is 17.1 Å². The Hall–Kier alpha value is -3.66. The second-order valence-corrected chi connectivity index (χ2v) is 7.58. The van der Waals surface area contributed by atoms with Gasteiger partial charge in [-0.15, -0.1) is 0 Å². The highest BCUT2D eigenvalue weighted by molar-refractivity contribution is 5.85. The van der Waals surface area contributed by atoms with Crippen molar-refractivity contribution < 1.29 is 28.6 Å². The number of esters is 1.